The van der Waals surface area contributed by atoms with Gasteiger partial charge >= 0.3 is 10.1 Å². The Hall–Kier alpha value is -4.16. The van der Waals surface area contributed by atoms with Crippen LogP contribution in [0.5, 0.6) is 5.75 Å². The van der Waals surface area contributed by atoms with E-state index in [0.29, 0.717) is 41.8 Å². The number of nitrogens with zero attached hydrogens (tertiary/aromatic N) is 4. The quantitative estimate of drug-likeness (QED) is 0.193. The second-order valence-corrected chi connectivity index (χ2v) is 11.0. The molecule has 0 spiro atoms. The minimum absolute atomic E-state index is 0.0345. The number of carbonyl (C=O) groups is 1. The second-order valence-electron chi connectivity index (χ2n) is 8.45. The van der Waals surface area contributed by atoms with Gasteiger partial charge in [-0.2, -0.15) is 13.4 Å². The molecule has 12 heteroatoms. The number of hydrogen-bond acceptors (Lipinski definition) is 9. The van der Waals surface area contributed by atoms with E-state index >= 15 is 0 Å². The van der Waals surface area contributed by atoms with E-state index in [-0.39, 0.29) is 16.3 Å². The molecule has 0 aliphatic carbocycles. The molecule has 1 fully saturated rings. The van der Waals surface area contributed by atoms with Crippen LogP contribution in [0, 0.1) is 10.1 Å². The highest BCUT2D eigenvalue weighted by atomic mass is 32.2. The lowest BCUT2D eigenvalue weighted by atomic mass is 10.2. The fraction of sp³-hybridized carbons (Fsp3) is 0.154. The van der Waals surface area contributed by atoms with Crippen molar-refractivity contribution in [3.63, 3.8) is 0 Å². The third-order valence-electron chi connectivity index (χ3n) is 6.02. The zero-order chi connectivity index (χ0) is 26.7. The molecule has 194 valence electrons. The highest BCUT2D eigenvalue weighted by Crippen LogP contribution is 2.34. The number of non-ortho nitro benzene ring substituents is 1. The van der Waals surface area contributed by atoms with E-state index in [1.165, 1.54) is 42.1 Å². The van der Waals surface area contributed by atoms with Crippen molar-refractivity contribution in [2.45, 2.75) is 4.90 Å². The lowest BCUT2D eigenvalue weighted by Gasteiger charge is -2.36. The molecule has 1 saturated heterocycles. The van der Waals surface area contributed by atoms with E-state index in [1.54, 1.807) is 54.6 Å². The Labute approximate surface area is 223 Å². The summed E-state index contributed by atoms with van der Waals surface area (Å²) in [7, 11) is -4.04. The summed E-state index contributed by atoms with van der Waals surface area (Å²) in [5.41, 5.74) is 1.39. The van der Waals surface area contributed by atoms with Crippen LogP contribution in [-0.4, -0.2) is 55.5 Å². The van der Waals surface area contributed by atoms with Crippen molar-refractivity contribution in [2.24, 2.45) is 4.99 Å². The molecule has 10 nitrogen and oxygen atoms in total. The molecule has 0 atom stereocenters. The lowest BCUT2D eigenvalue weighted by Crippen LogP contribution is -2.47. The van der Waals surface area contributed by atoms with Crippen molar-refractivity contribution in [2.75, 3.05) is 31.1 Å². The number of amidine groups is 1. The van der Waals surface area contributed by atoms with Crippen molar-refractivity contribution in [1.82, 2.24) is 4.90 Å². The number of amides is 1. The van der Waals surface area contributed by atoms with Gasteiger partial charge in [-0.05, 0) is 48.2 Å². The van der Waals surface area contributed by atoms with Crippen molar-refractivity contribution in [3.05, 3.63) is 99.4 Å². The van der Waals surface area contributed by atoms with E-state index in [4.69, 9.17) is 4.18 Å². The fourth-order valence-electron chi connectivity index (χ4n) is 4.04. The SMILES string of the molecule is O=C1N=C(N2CCN(c3ccc([N+](=O)[O-])cc3)CC2)S/C1=C\c1ccccc1OS(=O)(=O)c1ccccc1. The van der Waals surface area contributed by atoms with Crippen LogP contribution < -0.4 is 9.08 Å². The first-order valence-electron chi connectivity index (χ1n) is 11.7. The van der Waals surface area contributed by atoms with Gasteiger partial charge in [0.25, 0.3) is 11.6 Å². The molecule has 0 N–H and O–H groups in total. The Bertz CT molecular complexity index is 1530. The summed E-state index contributed by atoms with van der Waals surface area (Å²) in [6.45, 7) is 2.58. The number of benzene rings is 3. The van der Waals surface area contributed by atoms with E-state index in [0.717, 1.165) is 5.69 Å². The van der Waals surface area contributed by atoms with Crippen LogP contribution in [0.15, 0.2) is 93.7 Å². The Morgan fingerprint density at radius 3 is 2.21 bits per heavy atom. The number of piperazine rings is 1. The van der Waals surface area contributed by atoms with Crippen LogP contribution >= 0.6 is 11.8 Å². The zero-order valence-corrected chi connectivity index (χ0v) is 21.6. The minimum Gasteiger partial charge on any atom is -0.378 e. The summed E-state index contributed by atoms with van der Waals surface area (Å²) in [6, 6.07) is 20.9. The molecular weight excluding hydrogens is 528 g/mol. The van der Waals surface area contributed by atoms with Crippen LogP contribution in [0.1, 0.15) is 5.56 Å². The topological polar surface area (TPSA) is 122 Å². The average molecular weight is 551 g/mol. The first-order valence-corrected chi connectivity index (χ1v) is 13.9. The highest BCUT2D eigenvalue weighted by Gasteiger charge is 2.29. The van der Waals surface area contributed by atoms with Gasteiger partial charge in [-0.15, -0.1) is 0 Å². The smallest absolute Gasteiger partial charge is 0.339 e. The first kappa shape index (κ1) is 25.5. The Kier molecular flexibility index (Phi) is 7.16. The zero-order valence-electron chi connectivity index (χ0n) is 20.0. The molecule has 2 aliphatic heterocycles. The van der Waals surface area contributed by atoms with Crippen molar-refractivity contribution < 1.29 is 22.3 Å². The molecule has 0 aromatic heterocycles. The van der Waals surface area contributed by atoms with Gasteiger partial charge in [-0.25, -0.2) is 0 Å². The lowest BCUT2D eigenvalue weighted by molar-refractivity contribution is -0.384. The summed E-state index contributed by atoms with van der Waals surface area (Å²) in [5.74, 6) is -0.286. The summed E-state index contributed by atoms with van der Waals surface area (Å²) in [5, 5.41) is 11.5. The summed E-state index contributed by atoms with van der Waals surface area (Å²) >= 11 is 1.23. The maximum absolute atomic E-state index is 12.7. The predicted octanol–water partition coefficient (Wildman–Crippen LogP) is 4.16. The van der Waals surface area contributed by atoms with Crippen molar-refractivity contribution >= 4 is 50.4 Å². The summed E-state index contributed by atoms with van der Waals surface area (Å²) in [6.07, 6.45) is 1.59. The Morgan fingerprint density at radius 2 is 1.53 bits per heavy atom. The van der Waals surface area contributed by atoms with Crippen LogP contribution in [0.3, 0.4) is 0 Å². The van der Waals surface area contributed by atoms with Gasteiger partial charge in [-0.1, -0.05) is 36.4 Å². The first-order chi connectivity index (χ1) is 18.3. The number of aliphatic imine (C=N–C) groups is 1. The molecule has 2 aliphatic rings. The molecule has 0 bridgehead atoms. The molecule has 38 heavy (non-hydrogen) atoms. The molecule has 3 aromatic rings. The maximum atomic E-state index is 12.7. The summed E-state index contributed by atoms with van der Waals surface area (Å²) < 4.78 is 30.8. The molecule has 3 aromatic carbocycles. The normalized spacial score (nSPS) is 17.0. The van der Waals surface area contributed by atoms with Gasteiger partial charge in [0, 0.05) is 49.6 Å². The van der Waals surface area contributed by atoms with Crippen LogP contribution in [0.4, 0.5) is 11.4 Å². The largest absolute Gasteiger partial charge is 0.378 e. The van der Waals surface area contributed by atoms with E-state index < -0.39 is 20.9 Å². The number of anilines is 1. The fourth-order valence-corrected chi connectivity index (χ4v) is 5.98. The number of nitro groups is 1. The Balaban J connectivity index is 1.25. The van der Waals surface area contributed by atoms with Gasteiger partial charge in [0.2, 0.25) is 0 Å². The Morgan fingerprint density at radius 1 is 0.895 bits per heavy atom. The number of rotatable bonds is 6. The van der Waals surface area contributed by atoms with E-state index in [1.807, 2.05) is 4.90 Å². The number of thioether (sulfide) groups is 1. The van der Waals surface area contributed by atoms with Gasteiger partial charge < -0.3 is 14.0 Å². The number of carbonyl (C=O) groups excluding carboxylic acids is 1. The monoisotopic (exact) mass is 550 g/mol. The van der Waals surface area contributed by atoms with Gasteiger partial charge in [0.1, 0.15) is 10.6 Å². The standard InChI is InChI=1S/C26H22N4O6S2/c31-25-24(18-19-6-4-5-9-23(19)36-38(34,35)22-7-2-1-3-8-22)37-26(27-25)29-16-14-28(15-17-29)20-10-12-21(13-11-20)30(32)33/h1-13,18H,14-17H2/b24-18-. The third kappa shape index (κ3) is 5.55. The molecule has 5 rings (SSSR count). The third-order valence-corrected chi connectivity index (χ3v) is 8.31. The van der Waals surface area contributed by atoms with Gasteiger partial charge in [0.05, 0.1) is 9.83 Å². The van der Waals surface area contributed by atoms with E-state index in [2.05, 4.69) is 9.89 Å². The van der Waals surface area contributed by atoms with Crippen molar-refractivity contribution in [3.8, 4) is 5.75 Å². The molecule has 0 saturated carbocycles. The number of para-hydroxylation sites is 1. The highest BCUT2D eigenvalue weighted by molar-refractivity contribution is 8.18. The van der Waals surface area contributed by atoms with Gasteiger partial charge in [0.15, 0.2) is 5.17 Å². The predicted molar refractivity (Wildman–Crippen MR) is 146 cm³/mol. The molecule has 1 amide bonds. The molecular formula is C26H22N4O6S2. The molecule has 0 radical (unpaired) electrons. The second kappa shape index (κ2) is 10.7. The number of hydrogen-bond donors (Lipinski definition) is 0. The minimum atomic E-state index is -4.04. The van der Waals surface area contributed by atoms with E-state index in [9.17, 15) is 23.3 Å². The van der Waals surface area contributed by atoms with Gasteiger partial charge in [-0.3, -0.25) is 14.9 Å². The van der Waals surface area contributed by atoms with Crippen LogP contribution in [0.2, 0.25) is 0 Å². The maximum Gasteiger partial charge on any atom is 0.339 e. The van der Waals surface area contributed by atoms with Crippen LogP contribution in [-0.2, 0) is 14.9 Å². The summed E-state index contributed by atoms with van der Waals surface area (Å²) in [4.78, 5) is 31.9. The molecule has 0 unspecified atom stereocenters. The average Bonchev–Trinajstić information content (AvgIpc) is 3.30. The van der Waals surface area contributed by atoms with Crippen LogP contribution in [0.25, 0.3) is 6.08 Å². The number of nitro benzene ring substituents is 1. The molecule has 2 heterocycles. The van der Waals surface area contributed by atoms with Crippen molar-refractivity contribution in [1.29, 1.82) is 0 Å².